The van der Waals surface area contributed by atoms with Gasteiger partial charge in [0.1, 0.15) is 18.1 Å². The van der Waals surface area contributed by atoms with Gasteiger partial charge in [0, 0.05) is 12.8 Å². The van der Waals surface area contributed by atoms with E-state index in [1.165, 1.54) is 6.21 Å². The second kappa shape index (κ2) is 8.29. The van der Waals surface area contributed by atoms with Gasteiger partial charge in [0.25, 0.3) is 0 Å². The van der Waals surface area contributed by atoms with Crippen LogP contribution in [-0.4, -0.2) is 30.4 Å². The fourth-order valence-corrected chi connectivity index (χ4v) is 1.49. The number of ether oxygens (including phenoxy) is 2. The minimum atomic E-state index is -0.781. The van der Waals surface area contributed by atoms with Crippen LogP contribution >= 0.6 is 0 Å². The maximum Gasteiger partial charge on any atom is 0.433 e. The molecule has 2 N–H and O–H groups in total. The monoisotopic (exact) mass is 306 g/mol. The third-order valence-corrected chi connectivity index (χ3v) is 2.53. The van der Waals surface area contributed by atoms with Gasteiger partial charge in [-0.2, -0.15) is 4.99 Å². The highest BCUT2D eigenvalue weighted by Crippen LogP contribution is 2.08. The number of carbonyl (C=O) groups excluding carboxylic acids is 2. The van der Waals surface area contributed by atoms with E-state index in [4.69, 9.17) is 15.2 Å². The van der Waals surface area contributed by atoms with Crippen molar-refractivity contribution < 1.29 is 19.1 Å². The Morgan fingerprint density at radius 2 is 1.91 bits per heavy atom. The van der Waals surface area contributed by atoms with Crippen molar-refractivity contribution in [1.82, 2.24) is 0 Å². The first-order valence-corrected chi connectivity index (χ1v) is 6.99. The summed E-state index contributed by atoms with van der Waals surface area (Å²) in [5, 5.41) is 0. The van der Waals surface area contributed by atoms with E-state index in [0.29, 0.717) is 0 Å². The normalized spacial score (nSPS) is 12.9. The van der Waals surface area contributed by atoms with Crippen molar-refractivity contribution in [1.29, 1.82) is 0 Å². The molecule has 0 saturated heterocycles. The number of aliphatic imine (C=N–C) groups is 1. The minimum absolute atomic E-state index is 0.0000785. The van der Waals surface area contributed by atoms with Gasteiger partial charge in [0.05, 0.1) is 0 Å². The Balaban J connectivity index is 2.52. The molecule has 0 heterocycles. The van der Waals surface area contributed by atoms with E-state index >= 15 is 0 Å². The number of nitrogens with zero attached hydrogens (tertiary/aromatic N) is 1. The number of esters is 1. The molecule has 1 aromatic rings. The molecule has 0 spiro atoms. The van der Waals surface area contributed by atoms with Crippen molar-refractivity contribution >= 4 is 18.3 Å². The zero-order valence-corrected chi connectivity index (χ0v) is 13.1. The summed E-state index contributed by atoms with van der Waals surface area (Å²) in [5.74, 6) is -1.31. The summed E-state index contributed by atoms with van der Waals surface area (Å²) >= 11 is 0. The molecule has 0 saturated carbocycles. The van der Waals surface area contributed by atoms with E-state index < -0.39 is 23.6 Å². The highest BCUT2D eigenvalue weighted by molar-refractivity contribution is 5.93. The lowest BCUT2D eigenvalue weighted by atomic mass is 10.2. The largest absolute Gasteiger partial charge is 0.460 e. The Hall–Kier alpha value is -2.21. The third kappa shape index (κ3) is 6.99. The fourth-order valence-electron chi connectivity index (χ4n) is 1.49. The maximum absolute atomic E-state index is 11.9. The van der Waals surface area contributed by atoms with Gasteiger partial charge in [-0.15, -0.1) is 0 Å². The summed E-state index contributed by atoms with van der Waals surface area (Å²) in [4.78, 5) is 27.0. The summed E-state index contributed by atoms with van der Waals surface area (Å²) in [6.07, 6.45) is 0.406. The zero-order chi connectivity index (χ0) is 16.6. The molecule has 1 rings (SSSR count). The molecule has 0 aromatic heterocycles. The first-order chi connectivity index (χ1) is 10.3. The molecule has 0 fully saturated rings. The van der Waals surface area contributed by atoms with Crippen molar-refractivity contribution in [2.45, 2.75) is 33.0 Å². The molecule has 0 aliphatic heterocycles. The van der Waals surface area contributed by atoms with Gasteiger partial charge in [-0.1, -0.05) is 30.3 Å². The number of nitrogens with two attached hydrogens (primary N) is 1. The van der Waals surface area contributed by atoms with Crippen LogP contribution in [0.1, 0.15) is 26.3 Å². The van der Waals surface area contributed by atoms with Crippen molar-refractivity contribution in [3.63, 3.8) is 0 Å². The smallest absolute Gasteiger partial charge is 0.433 e. The molecule has 120 valence electrons. The van der Waals surface area contributed by atoms with Crippen LogP contribution in [-0.2, 0) is 20.9 Å². The summed E-state index contributed by atoms with van der Waals surface area (Å²) < 4.78 is 10.2. The number of benzene rings is 1. The summed E-state index contributed by atoms with van der Waals surface area (Å²) in [6.45, 7) is 5.34. The fraction of sp³-hybridized carbons (Fsp3) is 0.438. The van der Waals surface area contributed by atoms with Crippen LogP contribution in [0.2, 0.25) is 0 Å². The molecular formula is C16H22N2O4. The van der Waals surface area contributed by atoms with E-state index in [0.717, 1.165) is 5.56 Å². The highest BCUT2D eigenvalue weighted by Gasteiger charge is 2.19. The number of rotatable bonds is 5. The van der Waals surface area contributed by atoms with Crippen molar-refractivity contribution in [3.8, 4) is 0 Å². The van der Waals surface area contributed by atoms with E-state index in [-0.39, 0.29) is 13.2 Å². The van der Waals surface area contributed by atoms with Gasteiger partial charge in [0.2, 0.25) is 0 Å². The van der Waals surface area contributed by atoms with Crippen LogP contribution < -0.4 is 5.73 Å². The molecule has 6 nitrogen and oxygen atoms in total. The molecule has 0 bridgehead atoms. The average Bonchev–Trinajstić information content (AvgIpc) is 2.45. The third-order valence-electron chi connectivity index (χ3n) is 2.53. The van der Waals surface area contributed by atoms with Crippen LogP contribution in [0.5, 0.6) is 0 Å². The molecule has 22 heavy (non-hydrogen) atoms. The van der Waals surface area contributed by atoms with Crippen molar-refractivity contribution in [2.24, 2.45) is 16.6 Å². The van der Waals surface area contributed by atoms with Gasteiger partial charge < -0.3 is 15.2 Å². The summed E-state index contributed by atoms with van der Waals surface area (Å²) in [5.41, 5.74) is 5.74. The Morgan fingerprint density at radius 1 is 1.27 bits per heavy atom. The van der Waals surface area contributed by atoms with Crippen LogP contribution in [0.15, 0.2) is 35.3 Å². The topological polar surface area (TPSA) is 91.0 Å². The van der Waals surface area contributed by atoms with Crippen LogP contribution in [0.3, 0.4) is 0 Å². The predicted octanol–water partition coefficient (Wildman–Crippen LogP) is 2.31. The molecular weight excluding hydrogens is 284 g/mol. The Labute approximate surface area is 130 Å². The van der Waals surface area contributed by atoms with Crippen LogP contribution in [0.25, 0.3) is 0 Å². The van der Waals surface area contributed by atoms with Gasteiger partial charge >= 0.3 is 12.1 Å². The lowest BCUT2D eigenvalue weighted by molar-refractivity contribution is -0.147. The van der Waals surface area contributed by atoms with E-state index in [9.17, 15) is 9.59 Å². The van der Waals surface area contributed by atoms with Crippen molar-refractivity contribution in [3.05, 3.63) is 35.9 Å². The number of amides is 1. The second-order valence-electron chi connectivity index (χ2n) is 5.69. The molecule has 1 unspecified atom stereocenters. The minimum Gasteiger partial charge on any atom is -0.460 e. The number of hydrogen-bond acceptors (Lipinski definition) is 5. The SMILES string of the molecule is CC(C)(C)OC(=O)/N=C/C(CN)C(=O)OCc1ccccc1. The standard InChI is InChI=1S/C16H22N2O4/c1-16(2,3)22-15(20)18-10-13(9-17)14(19)21-11-12-7-5-4-6-8-12/h4-8,10,13H,9,11,17H2,1-3H3/b18-10+. The molecule has 6 heteroatoms. The van der Waals surface area contributed by atoms with E-state index in [1.54, 1.807) is 20.8 Å². The number of carbonyl (C=O) groups is 2. The van der Waals surface area contributed by atoms with E-state index in [2.05, 4.69) is 4.99 Å². The molecule has 1 atom stereocenters. The summed E-state index contributed by atoms with van der Waals surface area (Å²) in [6, 6.07) is 9.28. The molecule has 0 aliphatic carbocycles. The first kappa shape index (κ1) is 17.8. The number of hydrogen-bond donors (Lipinski definition) is 1. The van der Waals surface area contributed by atoms with Crippen molar-refractivity contribution in [2.75, 3.05) is 6.54 Å². The quantitative estimate of drug-likeness (QED) is 0.666. The maximum atomic E-state index is 11.9. The van der Waals surface area contributed by atoms with E-state index in [1.807, 2.05) is 30.3 Å². The Kier molecular flexibility index (Phi) is 6.72. The zero-order valence-electron chi connectivity index (χ0n) is 13.1. The molecule has 0 aliphatic rings. The van der Waals surface area contributed by atoms with Gasteiger partial charge in [-0.05, 0) is 26.3 Å². The lowest BCUT2D eigenvalue weighted by Crippen LogP contribution is -2.28. The Bertz CT molecular complexity index is 521. The highest BCUT2D eigenvalue weighted by atomic mass is 16.6. The average molecular weight is 306 g/mol. The van der Waals surface area contributed by atoms with Gasteiger partial charge in [-0.25, -0.2) is 4.79 Å². The predicted molar refractivity (Wildman–Crippen MR) is 83.5 cm³/mol. The molecule has 1 aromatic carbocycles. The van der Waals surface area contributed by atoms with Gasteiger partial charge in [0.15, 0.2) is 0 Å². The van der Waals surface area contributed by atoms with Gasteiger partial charge in [-0.3, -0.25) is 4.79 Å². The lowest BCUT2D eigenvalue weighted by Gasteiger charge is -2.17. The summed E-state index contributed by atoms with van der Waals surface area (Å²) in [7, 11) is 0. The molecule has 1 amide bonds. The van der Waals surface area contributed by atoms with Crippen LogP contribution in [0.4, 0.5) is 4.79 Å². The molecule has 0 radical (unpaired) electrons. The first-order valence-electron chi connectivity index (χ1n) is 6.99. The second-order valence-corrected chi connectivity index (χ2v) is 5.69. The Morgan fingerprint density at radius 3 is 2.45 bits per heavy atom. The van der Waals surface area contributed by atoms with Crippen LogP contribution in [0, 0.1) is 5.92 Å².